The van der Waals surface area contributed by atoms with Crippen molar-refractivity contribution >= 4 is 5.91 Å². The lowest BCUT2D eigenvalue weighted by molar-refractivity contribution is -0.121. The Hall–Kier alpha value is -1.86. The molecule has 1 aliphatic carbocycles. The Kier molecular flexibility index (Phi) is 6.42. The Morgan fingerprint density at radius 3 is 2.68 bits per heavy atom. The highest BCUT2D eigenvalue weighted by atomic mass is 16.3. The maximum atomic E-state index is 12.3. The molecule has 1 saturated carbocycles. The fourth-order valence-corrected chi connectivity index (χ4v) is 3.21. The third-order valence-electron chi connectivity index (χ3n) is 4.48. The van der Waals surface area contributed by atoms with Crippen LogP contribution in [0.4, 0.5) is 0 Å². The second kappa shape index (κ2) is 8.55. The molecule has 2 atom stereocenters. The van der Waals surface area contributed by atoms with Gasteiger partial charge >= 0.3 is 0 Å². The van der Waals surface area contributed by atoms with Crippen LogP contribution in [0.25, 0.3) is 0 Å². The standard InChI is InChI=1S/C18H24N2O2/c19-11-10-14-6-4-5-7-15(14)12-18(22)20-17-9-3-1-2-8-16(17)13-21/h4-7,16-17,21H,1-3,8-10,12-13H2,(H,20,22). The molecule has 0 bridgehead atoms. The van der Waals surface area contributed by atoms with Gasteiger partial charge in [0, 0.05) is 18.6 Å². The van der Waals surface area contributed by atoms with Crippen LogP contribution in [0.1, 0.15) is 43.2 Å². The monoisotopic (exact) mass is 300 g/mol. The lowest BCUT2D eigenvalue weighted by Gasteiger charge is -2.24. The van der Waals surface area contributed by atoms with Crippen LogP contribution in [0, 0.1) is 17.2 Å². The quantitative estimate of drug-likeness (QED) is 0.820. The molecule has 1 amide bonds. The molecule has 118 valence electrons. The average molecular weight is 300 g/mol. The van der Waals surface area contributed by atoms with Gasteiger partial charge in [-0.25, -0.2) is 0 Å². The van der Waals surface area contributed by atoms with Crippen LogP contribution in [0.2, 0.25) is 0 Å². The van der Waals surface area contributed by atoms with Crippen molar-refractivity contribution in [2.24, 2.45) is 5.92 Å². The van der Waals surface area contributed by atoms with Crippen molar-refractivity contribution in [1.82, 2.24) is 5.32 Å². The smallest absolute Gasteiger partial charge is 0.224 e. The van der Waals surface area contributed by atoms with E-state index in [1.54, 1.807) is 0 Å². The Labute approximate surface area is 132 Å². The minimum atomic E-state index is -0.0178. The van der Waals surface area contributed by atoms with Gasteiger partial charge in [-0.05, 0) is 24.0 Å². The molecule has 0 aromatic heterocycles. The summed E-state index contributed by atoms with van der Waals surface area (Å²) in [6.45, 7) is 0.135. The molecule has 1 fully saturated rings. The molecular weight excluding hydrogens is 276 g/mol. The molecule has 0 aliphatic heterocycles. The maximum Gasteiger partial charge on any atom is 0.224 e. The molecule has 2 unspecified atom stereocenters. The van der Waals surface area contributed by atoms with Crippen LogP contribution in [0.5, 0.6) is 0 Å². The van der Waals surface area contributed by atoms with Gasteiger partial charge in [-0.3, -0.25) is 4.79 Å². The van der Waals surface area contributed by atoms with Crippen LogP contribution < -0.4 is 5.32 Å². The van der Waals surface area contributed by atoms with Crippen LogP contribution in [-0.2, 0) is 17.6 Å². The van der Waals surface area contributed by atoms with Crippen molar-refractivity contribution < 1.29 is 9.90 Å². The number of nitrogens with zero attached hydrogens (tertiary/aromatic N) is 1. The minimum Gasteiger partial charge on any atom is -0.396 e. The molecule has 1 aromatic rings. The molecule has 2 N–H and O–H groups in total. The summed E-state index contributed by atoms with van der Waals surface area (Å²) in [5.74, 6) is 0.150. The number of aliphatic hydroxyl groups excluding tert-OH is 1. The topological polar surface area (TPSA) is 73.1 Å². The average Bonchev–Trinajstić information content (AvgIpc) is 2.74. The van der Waals surface area contributed by atoms with Gasteiger partial charge in [-0.15, -0.1) is 0 Å². The Morgan fingerprint density at radius 2 is 1.95 bits per heavy atom. The van der Waals surface area contributed by atoms with E-state index >= 15 is 0 Å². The van der Waals surface area contributed by atoms with E-state index in [9.17, 15) is 9.90 Å². The van der Waals surface area contributed by atoms with Crippen molar-refractivity contribution in [2.45, 2.75) is 51.0 Å². The summed E-state index contributed by atoms with van der Waals surface area (Å²) < 4.78 is 0. The number of hydrogen-bond donors (Lipinski definition) is 2. The van der Waals surface area contributed by atoms with Crippen LogP contribution in [0.3, 0.4) is 0 Å². The molecule has 0 radical (unpaired) electrons. The number of nitrogens with one attached hydrogen (secondary N) is 1. The number of hydrogen-bond acceptors (Lipinski definition) is 3. The van der Waals surface area contributed by atoms with Gasteiger partial charge in [0.15, 0.2) is 0 Å². The first kappa shape index (κ1) is 16.5. The highest BCUT2D eigenvalue weighted by molar-refractivity contribution is 5.79. The largest absolute Gasteiger partial charge is 0.396 e. The van der Waals surface area contributed by atoms with Crippen LogP contribution in [0.15, 0.2) is 24.3 Å². The summed E-state index contributed by atoms with van der Waals surface area (Å²) in [7, 11) is 0. The first-order valence-corrected chi connectivity index (χ1v) is 8.08. The fourth-order valence-electron chi connectivity index (χ4n) is 3.21. The number of amides is 1. The molecule has 0 heterocycles. The van der Waals surface area contributed by atoms with Crippen LogP contribution in [-0.4, -0.2) is 23.7 Å². The summed E-state index contributed by atoms with van der Waals surface area (Å²) in [5, 5.41) is 21.5. The van der Waals surface area contributed by atoms with Crippen molar-refractivity contribution in [3.05, 3.63) is 35.4 Å². The molecule has 0 spiro atoms. The zero-order chi connectivity index (χ0) is 15.8. The van der Waals surface area contributed by atoms with Gasteiger partial charge in [-0.2, -0.15) is 5.26 Å². The van der Waals surface area contributed by atoms with E-state index < -0.39 is 0 Å². The molecule has 1 aromatic carbocycles. The van der Waals surface area contributed by atoms with E-state index in [1.165, 1.54) is 6.42 Å². The summed E-state index contributed by atoms with van der Waals surface area (Å²) in [6.07, 6.45) is 5.95. The lowest BCUT2D eigenvalue weighted by atomic mass is 9.95. The first-order valence-electron chi connectivity index (χ1n) is 8.08. The Bertz CT molecular complexity index is 536. The van der Waals surface area contributed by atoms with E-state index in [0.717, 1.165) is 36.8 Å². The van der Waals surface area contributed by atoms with Gasteiger partial charge < -0.3 is 10.4 Å². The minimum absolute atomic E-state index is 0.0178. The molecule has 2 rings (SSSR count). The van der Waals surface area contributed by atoms with Gasteiger partial charge in [0.25, 0.3) is 0 Å². The van der Waals surface area contributed by atoms with E-state index in [1.807, 2.05) is 24.3 Å². The van der Waals surface area contributed by atoms with Crippen molar-refractivity contribution in [3.63, 3.8) is 0 Å². The highest BCUT2D eigenvalue weighted by Gasteiger charge is 2.24. The normalized spacial score (nSPS) is 21.6. The van der Waals surface area contributed by atoms with Crippen molar-refractivity contribution in [1.29, 1.82) is 5.26 Å². The summed E-state index contributed by atoms with van der Waals surface area (Å²) in [4.78, 5) is 12.3. The van der Waals surface area contributed by atoms with E-state index in [0.29, 0.717) is 12.8 Å². The molecule has 1 aliphatic rings. The highest BCUT2D eigenvalue weighted by Crippen LogP contribution is 2.23. The van der Waals surface area contributed by atoms with E-state index in [4.69, 9.17) is 5.26 Å². The number of carbonyl (C=O) groups excluding carboxylic acids is 1. The summed E-state index contributed by atoms with van der Waals surface area (Å²) in [6, 6.07) is 9.80. The number of aliphatic hydroxyl groups is 1. The van der Waals surface area contributed by atoms with Crippen LogP contribution >= 0.6 is 0 Å². The summed E-state index contributed by atoms with van der Waals surface area (Å²) in [5.41, 5.74) is 1.83. The molecule has 22 heavy (non-hydrogen) atoms. The predicted octanol–water partition coefficient (Wildman–Crippen LogP) is 2.35. The number of rotatable bonds is 5. The molecule has 4 heteroatoms. The maximum absolute atomic E-state index is 12.3. The third kappa shape index (κ3) is 4.57. The summed E-state index contributed by atoms with van der Waals surface area (Å²) >= 11 is 0. The predicted molar refractivity (Wildman–Crippen MR) is 85.1 cm³/mol. The van der Waals surface area contributed by atoms with E-state index in [2.05, 4.69) is 11.4 Å². The number of carbonyl (C=O) groups is 1. The zero-order valence-corrected chi connectivity index (χ0v) is 12.9. The van der Waals surface area contributed by atoms with E-state index in [-0.39, 0.29) is 24.5 Å². The number of benzene rings is 1. The van der Waals surface area contributed by atoms with Gasteiger partial charge in [-0.1, -0.05) is 43.5 Å². The fraction of sp³-hybridized carbons (Fsp3) is 0.556. The van der Waals surface area contributed by atoms with Crippen molar-refractivity contribution in [2.75, 3.05) is 6.61 Å². The molecular formula is C18H24N2O2. The van der Waals surface area contributed by atoms with Crippen molar-refractivity contribution in [3.8, 4) is 6.07 Å². The zero-order valence-electron chi connectivity index (χ0n) is 12.9. The van der Waals surface area contributed by atoms with Gasteiger partial charge in [0.1, 0.15) is 0 Å². The van der Waals surface area contributed by atoms with Gasteiger partial charge in [0.05, 0.1) is 18.9 Å². The SMILES string of the molecule is N#CCc1ccccc1CC(=O)NC1CCCCCC1CO. The second-order valence-electron chi connectivity index (χ2n) is 6.04. The lowest BCUT2D eigenvalue weighted by Crippen LogP contribution is -2.41. The molecule has 4 nitrogen and oxygen atoms in total. The third-order valence-corrected chi connectivity index (χ3v) is 4.48. The number of nitriles is 1. The molecule has 0 saturated heterocycles. The Balaban J connectivity index is 1.98. The second-order valence-corrected chi connectivity index (χ2v) is 6.04. The Morgan fingerprint density at radius 1 is 1.23 bits per heavy atom. The van der Waals surface area contributed by atoms with Gasteiger partial charge in [0.2, 0.25) is 5.91 Å². The first-order chi connectivity index (χ1) is 10.7.